The van der Waals surface area contributed by atoms with Crippen molar-refractivity contribution >= 4 is 27.7 Å². The van der Waals surface area contributed by atoms with E-state index in [-0.39, 0.29) is 11.7 Å². The van der Waals surface area contributed by atoms with Gasteiger partial charge in [-0.25, -0.2) is 0 Å². The first-order valence-corrected chi connectivity index (χ1v) is 10.3. The molecule has 0 aromatic heterocycles. The molecule has 0 aliphatic rings. The van der Waals surface area contributed by atoms with Gasteiger partial charge in [0.1, 0.15) is 5.78 Å². The molecule has 0 saturated heterocycles. The summed E-state index contributed by atoms with van der Waals surface area (Å²) >= 11 is 1.59. The zero-order valence-corrected chi connectivity index (χ0v) is 15.2. The molecule has 0 heterocycles. The average Bonchev–Trinajstić information content (AvgIpc) is 2.43. The van der Waals surface area contributed by atoms with Gasteiger partial charge in [-0.05, 0) is 17.2 Å². The van der Waals surface area contributed by atoms with E-state index in [0.29, 0.717) is 18.0 Å². The molecule has 0 saturated carbocycles. The Morgan fingerprint density at radius 2 is 1.67 bits per heavy atom. The Morgan fingerprint density at radius 3 is 2.05 bits per heavy atom. The van der Waals surface area contributed by atoms with Crippen molar-refractivity contribution in [3.63, 3.8) is 0 Å². The largest absolute Gasteiger partial charge is 0.298 e. The van der Waals surface area contributed by atoms with Crippen LogP contribution in [0.3, 0.4) is 0 Å². The van der Waals surface area contributed by atoms with E-state index in [4.69, 9.17) is 0 Å². The Kier molecular flexibility index (Phi) is 16.3. The number of carbonyl (C=O) groups excluding carboxylic acids is 1. The minimum atomic E-state index is -3.88. The van der Waals surface area contributed by atoms with Gasteiger partial charge < -0.3 is 0 Å². The first-order valence-electron chi connectivity index (χ1n) is 7.35. The summed E-state index contributed by atoms with van der Waals surface area (Å²) < 4.78 is 35.1. The van der Waals surface area contributed by atoms with Crippen LogP contribution in [0.15, 0.2) is 0 Å². The monoisotopic (exact) mass is 344 g/mol. The third-order valence-corrected chi connectivity index (χ3v) is 4.33. The fourth-order valence-corrected chi connectivity index (χ4v) is 2.64. The van der Waals surface area contributed by atoms with E-state index in [9.17, 15) is 17.7 Å². The molecule has 128 valence electrons. The zero-order valence-electron chi connectivity index (χ0n) is 13.6. The van der Waals surface area contributed by atoms with E-state index in [1.165, 1.54) is 6.42 Å². The molecule has 0 N–H and O–H groups in total. The molecule has 0 radical (unpaired) electrons. The van der Waals surface area contributed by atoms with Gasteiger partial charge in [0.25, 0.3) is 10.1 Å². The number of hydrogen-bond donors (Lipinski definition) is 0. The second kappa shape index (κ2) is 14.8. The van der Waals surface area contributed by atoms with Crippen molar-refractivity contribution in [2.24, 2.45) is 5.92 Å². The lowest BCUT2D eigenvalue weighted by atomic mass is 10.1. The Morgan fingerprint density at radius 1 is 1.14 bits per heavy atom. The van der Waals surface area contributed by atoms with Crippen molar-refractivity contribution in [1.82, 2.24) is 0 Å². The summed E-state index contributed by atoms with van der Waals surface area (Å²) in [6.45, 7) is 5.97. The van der Waals surface area contributed by atoms with Crippen LogP contribution in [-0.2, 0) is 19.3 Å². The van der Waals surface area contributed by atoms with Gasteiger partial charge >= 0.3 is 0 Å². The molecule has 0 unspecified atom stereocenters. The highest BCUT2D eigenvalue weighted by molar-refractivity contribution is 7.99. The third kappa shape index (κ3) is 17.8. The number of hydrogen-bond acceptors (Lipinski definition) is 5. The SMILES string of the molecule is CCCCCCCCS(=O)(=O)OF.CSCC(=O)C(C)C. The summed E-state index contributed by atoms with van der Waals surface area (Å²) in [6, 6.07) is 0. The molecule has 7 heteroatoms. The summed E-state index contributed by atoms with van der Waals surface area (Å²) in [4.78, 5) is 10.7. The van der Waals surface area contributed by atoms with Gasteiger partial charge in [0.2, 0.25) is 0 Å². The fraction of sp³-hybridized carbons (Fsp3) is 0.929. The predicted octanol–water partition coefficient (Wildman–Crippen LogP) is 4.15. The smallest absolute Gasteiger partial charge is 0.297 e. The molecular weight excluding hydrogens is 315 g/mol. The molecule has 4 nitrogen and oxygen atoms in total. The Labute approximate surface area is 133 Å². The molecule has 21 heavy (non-hydrogen) atoms. The van der Waals surface area contributed by atoms with Crippen LogP contribution in [0.2, 0.25) is 0 Å². The quantitative estimate of drug-likeness (QED) is 0.527. The van der Waals surface area contributed by atoms with Crippen LogP contribution in [-0.4, -0.2) is 32.0 Å². The minimum absolute atomic E-state index is 0.211. The van der Waals surface area contributed by atoms with Crippen molar-refractivity contribution in [2.45, 2.75) is 59.3 Å². The van der Waals surface area contributed by atoms with Crippen LogP contribution in [0.1, 0.15) is 59.3 Å². The van der Waals surface area contributed by atoms with E-state index < -0.39 is 10.1 Å². The average molecular weight is 345 g/mol. The summed E-state index contributed by atoms with van der Waals surface area (Å²) in [7, 11) is -3.88. The second-order valence-electron chi connectivity index (χ2n) is 5.15. The number of unbranched alkanes of at least 4 members (excludes halogenated alkanes) is 5. The lowest BCUT2D eigenvalue weighted by molar-refractivity contribution is -0.119. The Hall–Kier alpha value is -0.140. The van der Waals surface area contributed by atoms with Gasteiger partial charge in [-0.3, -0.25) is 4.79 Å². The molecule has 0 aliphatic heterocycles. The molecule has 0 amide bonds. The van der Waals surface area contributed by atoms with Crippen LogP contribution >= 0.6 is 11.8 Å². The number of ketones is 1. The molecule has 0 bridgehead atoms. The van der Waals surface area contributed by atoms with Crippen molar-refractivity contribution in [3.05, 3.63) is 0 Å². The maximum absolute atomic E-state index is 11.3. The number of carbonyl (C=O) groups is 1. The maximum Gasteiger partial charge on any atom is 0.297 e. The van der Waals surface area contributed by atoms with E-state index >= 15 is 0 Å². The highest BCUT2D eigenvalue weighted by atomic mass is 32.2. The third-order valence-electron chi connectivity index (χ3n) is 2.77. The predicted molar refractivity (Wildman–Crippen MR) is 87.6 cm³/mol. The van der Waals surface area contributed by atoms with E-state index in [1.54, 1.807) is 11.8 Å². The van der Waals surface area contributed by atoms with Gasteiger partial charge in [0.15, 0.2) is 0 Å². The first-order chi connectivity index (χ1) is 9.80. The van der Waals surface area contributed by atoms with Crippen molar-refractivity contribution in [3.8, 4) is 0 Å². The molecule has 0 atom stereocenters. The normalized spacial score (nSPS) is 11.1. The first kappa shape index (κ1) is 23.1. The molecule has 0 aromatic rings. The number of rotatable bonds is 11. The second-order valence-corrected chi connectivity index (χ2v) is 7.66. The van der Waals surface area contributed by atoms with Crippen LogP contribution in [0.5, 0.6) is 0 Å². The highest BCUT2D eigenvalue weighted by Gasteiger charge is 2.10. The van der Waals surface area contributed by atoms with Crippen LogP contribution in [0.4, 0.5) is 4.53 Å². The molecule has 0 aliphatic carbocycles. The van der Waals surface area contributed by atoms with Gasteiger partial charge in [-0.2, -0.15) is 20.2 Å². The summed E-state index contributed by atoms with van der Waals surface area (Å²) in [6.07, 6.45) is 7.71. The summed E-state index contributed by atoms with van der Waals surface area (Å²) in [5, 5.41) is 0. The highest BCUT2D eigenvalue weighted by Crippen LogP contribution is 2.07. The Balaban J connectivity index is 0. The maximum atomic E-state index is 11.3. The van der Waals surface area contributed by atoms with Gasteiger partial charge in [0, 0.05) is 5.92 Å². The van der Waals surface area contributed by atoms with Crippen molar-refractivity contribution < 1.29 is 22.1 Å². The molecular formula is C14H29FO4S2. The standard InChI is InChI=1S/C8H17FO3S.C6H12OS/c1-2-3-4-5-6-7-8-13(10,11)12-9;1-5(2)6(7)4-8-3/h2-8H2,1H3;5H,4H2,1-3H3. The van der Waals surface area contributed by atoms with Gasteiger partial charge in [-0.1, -0.05) is 57.3 Å². The van der Waals surface area contributed by atoms with E-state index in [2.05, 4.69) is 11.3 Å². The molecule has 0 fully saturated rings. The van der Waals surface area contributed by atoms with Crippen molar-refractivity contribution in [2.75, 3.05) is 17.8 Å². The van der Waals surface area contributed by atoms with Gasteiger partial charge in [-0.15, -0.1) is 0 Å². The summed E-state index contributed by atoms with van der Waals surface area (Å²) in [5.41, 5.74) is 0. The lowest BCUT2D eigenvalue weighted by Crippen LogP contribution is -2.08. The van der Waals surface area contributed by atoms with Crippen LogP contribution < -0.4 is 0 Å². The van der Waals surface area contributed by atoms with Gasteiger partial charge in [0.05, 0.1) is 11.5 Å². The Bertz CT molecular complexity index is 343. The fourth-order valence-electron chi connectivity index (χ4n) is 1.40. The minimum Gasteiger partial charge on any atom is -0.298 e. The molecule has 0 spiro atoms. The lowest BCUT2D eigenvalue weighted by Gasteiger charge is -1.99. The summed E-state index contributed by atoms with van der Waals surface area (Å²) in [5.74, 6) is 1.01. The zero-order chi connectivity index (χ0) is 16.7. The molecule has 0 rings (SSSR count). The van der Waals surface area contributed by atoms with E-state index in [1.807, 2.05) is 20.1 Å². The van der Waals surface area contributed by atoms with E-state index in [0.717, 1.165) is 25.7 Å². The van der Waals surface area contributed by atoms with Crippen LogP contribution in [0.25, 0.3) is 0 Å². The van der Waals surface area contributed by atoms with Crippen molar-refractivity contribution in [1.29, 1.82) is 0 Å². The van der Waals surface area contributed by atoms with Crippen LogP contribution in [0, 0.1) is 5.92 Å². The topological polar surface area (TPSA) is 60.4 Å². The number of Topliss-reactive ketones (excluding diaryl/α,β-unsaturated/α-hetero) is 1. The number of halogens is 1. The molecule has 0 aromatic carbocycles. The number of thioether (sulfide) groups is 1.